The van der Waals surface area contributed by atoms with Gasteiger partial charge in [0.2, 0.25) is 0 Å². The molecule has 3 heterocycles. The van der Waals surface area contributed by atoms with Gasteiger partial charge in [-0.2, -0.15) is 0 Å². The summed E-state index contributed by atoms with van der Waals surface area (Å²) < 4.78 is 2.26. The number of aliphatic imine (C=N–C) groups is 1. The third-order valence-corrected chi connectivity index (χ3v) is 7.49. The van der Waals surface area contributed by atoms with Gasteiger partial charge in [-0.3, -0.25) is 9.79 Å². The van der Waals surface area contributed by atoms with E-state index in [4.69, 9.17) is 5.73 Å². The number of pyridine rings is 1. The van der Waals surface area contributed by atoms with Crippen LogP contribution < -0.4 is 15.2 Å². The van der Waals surface area contributed by atoms with E-state index >= 15 is 0 Å². The van der Waals surface area contributed by atoms with E-state index < -0.39 is 0 Å². The van der Waals surface area contributed by atoms with E-state index in [0.29, 0.717) is 31.0 Å². The van der Waals surface area contributed by atoms with Gasteiger partial charge < -0.3 is 10.6 Å². The predicted molar refractivity (Wildman–Crippen MR) is 137 cm³/mol. The summed E-state index contributed by atoms with van der Waals surface area (Å²) in [7, 11) is 0. The van der Waals surface area contributed by atoms with Crippen LogP contribution in [0, 0.1) is 0 Å². The fraction of sp³-hybridized carbons (Fsp3) is 0.444. The molecular weight excluding hydrogens is 428 g/mol. The van der Waals surface area contributed by atoms with Crippen molar-refractivity contribution in [2.45, 2.75) is 69.7 Å². The minimum absolute atomic E-state index is 0.347. The molecule has 33 heavy (non-hydrogen) atoms. The average molecular weight is 464 g/mol. The quantitative estimate of drug-likeness (QED) is 0.212. The number of aromatic nitrogens is 1. The maximum Gasteiger partial charge on any atom is 0.169 e. The molecule has 0 saturated carbocycles. The first kappa shape index (κ1) is 23.6. The summed E-state index contributed by atoms with van der Waals surface area (Å²) in [4.78, 5) is 20.0. The van der Waals surface area contributed by atoms with Crippen LogP contribution in [0.1, 0.15) is 63.9 Å². The highest BCUT2D eigenvalue weighted by Gasteiger charge is 2.30. The summed E-state index contributed by atoms with van der Waals surface area (Å²) in [6, 6.07) is 13.3. The van der Waals surface area contributed by atoms with Gasteiger partial charge in [-0.15, -0.1) is 0 Å². The van der Waals surface area contributed by atoms with Crippen LogP contribution >= 0.6 is 11.8 Å². The first-order chi connectivity index (χ1) is 16.1. The number of benzene rings is 1. The molecule has 2 aliphatic heterocycles. The molecule has 5 nitrogen and oxygen atoms in total. The van der Waals surface area contributed by atoms with Crippen LogP contribution in [-0.2, 0) is 11.3 Å². The van der Waals surface area contributed by atoms with Gasteiger partial charge in [0.15, 0.2) is 12.4 Å². The van der Waals surface area contributed by atoms with E-state index in [1.54, 1.807) is 6.92 Å². The molecule has 2 aromatic rings. The summed E-state index contributed by atoms with van der Waals surface area (Å²) >= 11 is 1.92. The monoisotopic (exact) mass is 463 g/mol. The number of thioether (sulfide) groups is 1. The largest absolute Gasteiger partial charge is 0.388 e. The Morgan fingerprint density at radius 1 is 1.09 bits per heavy atom. The molecule has 0 unspecified atom stereocenters. The average Bonchev–Trinajstić information content (AvgIpc) is 3.21. The summed E-state index contributed by atoms with van der Waals surface area (Å²) in [5.74, 6) is 0.939. The van der Waals surface area contributed by atoms with Gasteiger partial charge in [0.25, 0.3) is 0 Å². The number of para-hydroxylation sites is 1. The second-order valence-corrected chi connectivity index (χ2v) is 9.94. The normalized spacial score (nSPS) is 15.5. The van der Waals surface area contributed by atoms with Crippen molar-refractivity contribution in [2.24, 2.45) is 10.7 Å². The van der Waals surface area contributed by atoms with Crippen molar-refractivity contribution in [3.8, 4) is 0 Å². The predicted octanol–water partition coefficient (Wildman–Crippen LogP) is 5.34. The summed E-state index contributed by atoms with van der Waals surface area (Å²) in [6.07, 6.45) is 12.0. The number of Topliss-reactive ketones (excluding diaryl/α,β-unsaturated/α-hetero) is 1. The van der Waals surface area contributed by atoms with Crippen LogP contribution in [0.5, 0.6) is 0 Å². The third kappa shape index (κ3) is 6.26. The van der Waals surface area contributed by atoms with Gasteiger partial charge in [0.1, 0.15) is 12.3 Å². The minimum atomic E-state index is 0.347. The summed E-state index contributed by atoms with van der Waals surface area (Å²) in [6.45, 7) is 4.54. The molecule has 0 atom stereocenters. The Bertz CT molecular complexity index is 1020. The third-order valence-electron chi connectivity index (χ3n) is 6.26. The highest BCUT2D eigenvalue weighted by atomic mass is 32.2. The van der Waals surface area contributed by atoms with Gasteiger partial charge in [-0.1, -0.05) is 23.9 Å². The number of anilines is 1. The van der Waals surface area contributed by atoms with Crippen LogP contribution in [0.15, 0.2) is 63.7 Å². The molecule has 0 fully saturated rings. The molecule has 4 rings (SSSR count). The van der Waals surface area contributed by atoms with Crippen molar-refractivity contribution in [1.82, 2.24) is 0 Å². The van der Waals surface area contributed by atoms with Crippen LogP contribution in [0.25, 0.3) is 5.57 Å². The van der Waals surface area contributed by atoms with E-state index in [1.807, 2.05) is 11.8 Å². The fourth-order valence-corrected chi connectivity index (χ4v) is 5.81. The maximum absolute atomic E-state index is 12.0. The van der Waals surface area contributed by atoms with Crippen LogP contribution in [0.3, 0.4) is 0 Å². The Morgan fingerprint density at radius 3 is 2.70 bits per heavy atom. The van der Waals surface area contributed by atoms with Crippen molar-refractivity contribution in [3.63, 3.8) is 0 Å². The fourth-order valence-electron chi connectivity index (χ4n) is 4.53. The van der Waals surface area contributed by atoms with E-state index in [0.717, 1.165) is 45.2 Å². The van der Waals surface area contributed by atoms with Crippen LogP contribution in [0.4, 0.5) is 5.69 Å². The van der Waals surface area contributed by atoms with Gasteiger partial charge in [0, 0.05) is 49.4 Å². The number of rotatable bonds is 11. The molecule has 174 valence electrons. The number of amidine groups is 1. The van der Waals surface area contributed by atoms with Crippen molar-refractivity contribution in [1.29, 1.82) is 0 Å². The van der Waals surface area contributed by atoms with Gasteiger partial charge in [0.05, 0.1) is 16.6 Å². The molecule has 2 N–H and O–H groups in total. The Hall–Kier alpha value is -2.60. The molecule has 0 bridgehead atoms. The SMILES string of the molecule is CC(N)=NCCCC(=O)CCCCC[n+]1ccc(C2=C3Sc4ccccc4N3CCC2)cc1. The number of allylic oxidation sites excluding steroid dienone is 1. The highest BCUT2D eigenvalue weighted by molar-refractivity contribution is 8.04. The zero-order valence-corrected chi connectivity index (χ0v) is 20.4. The number of hydrogen-bond acceptors (Lipinski definition) is 4. The Kier molecular flexibility index (Phi) is 8.21. The Balaban J connectivity index is 1.23. The molecule has 0 saturated heterocycles. The molecule has 1 aromatic carbocycles. The van der Waals surface area contributed by atoms with Crippen LogP contribution in [0.2, 0.25) is 0 Å². The second kappa shape index (κ2) is 11.5. The van der Waals surface area contributed by atoms with E-state index in [2.05, 4.69) is 63.3 Å². The second-order valence-electron chi connectivity index (χ2n) is 8.91. The van der Waals surface area contributed by atoms with E-state index in [1.165, 1.54) is 33.2 Å². The lowest BCUT2D eigenvalue weighted by Gasteiger charge is -2.28. The first-order valence-corrected chi connectivity index (χ1v) is 13.0. The summed E-state index contributed by atoms with van der Waals surface area (Å²) in [5, 5.41) is 1.41. The maximum atomic E-state index is 12.0. The topological polar surface area (TPSA) is 62.6 Å². The molecule has 0 radical (unpaired) electrons. The standard InChI is InChI=1S/C27H35N4OS/c1-21(28)29-16-7-10-23(32)9-3-2-6-17-30-19-14-22(15-20-30)24-11-8-18-31-25-12-4-5-13-26(25)33-27(24)31/h4-5,12-15,19-20H,2-3,6-11,16-18H2,1H3,(H2,28,29)/q+1. The zero-order valence-electron chi connectivity index (χ0n) is 19.6. The van der Waals surface area contributed by atoms with E-state index in [9.17, 15) is 4.79 Å². The molecule has 1 aromatic heterocycles. The number of carbonyl (C=O) groups excluding carboxylic acids is 1. The van der Waals surface area contributed by atoms with Crippen molar-refractivity contribution < 1.29 is 9.36 Å². The number of fused-ring (bicyclic) bond motifs is 3. The number of ketones is 1. The smallest absolute Gasteiger partial charge is 0.169 e. The van der Waals surface area contributed by atoms with Gasteiger partial charge >= 0.3 is 0 Å². The number of unbranched alkanes of at least 4 members (excludes halogenated alkanes) is 2. The lowest BCUT2D eigenvalue weighted by Crippen LogP contribution is -2.32. The minimum Gasteiger partial charge on any atom is -0.388 e. The zero-order chi connectivity index (χ0) is 23.0. The molecule has 2 aliphatic rings. The Labute approximate surface area is 201 Å². The Morgan fingerprint density at radius 2 is 1.88 bits per heavy atom. The summed E-state index contributed by atoms with van der Waals surface area (Å²) in [5.41, 5.74) is 9.68. The van der Waals surface area contributed by atoms with Gasteiger partial charge in [-0.05, 0) is 62.3 Å². The number of nitrogens with zero attached hydrogens (tertiary/aromatic N) is 3. The van der Waals surface area contributed by atoms with Crippen molar-refractivity contribution in [2.75, 3.05) is 18.0 Å². The number of nitrogens with two attached hydrogens (primary N) is 1. The van der Waals surface area contributed by atoms with Crippen LogP contribution in [-0.4, -0.2) is 24.7 Å². The number of aryl methyl sites for hydroxylation is 1. The van der Waals surface area contributed by atoms with Crippen molar-refractivity contribution >= 4 is 34.6 Å². The van der Waals surface area contributed by atoms with Gasteiger partial charge in [-0.25, -0.2) is 4.57 Å². The lowest BCUT2D eigenvalue weighted by molar-refractivity contribution is -0.697. The van der Waals surface area contributed by atoms with E-state index in [-0.39, 0.29) is 0 Å². The molecule has 0 spiro atoms. The molecule has 0 aliphatic carbocycles. The lowest BCUT2D eigenvalue weighted by atomic mass is 10.00. The number of hydrogen-bond donors (Lipinski definition) is 1. The number of carbonyl (C=O) groups is 1. The molecule has 0 amide bonds. The molecular formula is C27H35N4OS+. The first-order valence-electron chi connectivity index (χ1n) is 12.2. The highest BCUT2D eigenvalue weighted by Crippen LogP contribution is 2.51. The van der Waals surface area contributed by atoms with Crippen molar-refractivity contribution in [3.05, 3.63) is 59.4 Å². The molecule has 6 heteroatoms.